The predicted octanol–water partition coefficient (Wildman–Crippen LogP) is 2.93. The Bertz CT molecular complexity index is 1480. The molecule has 0 bridgehead atoms. The zero-order valence-corrected chi connectivity index (χ0v) is 20.3. The summed E-state index contributed by atoms with van der Waals surface area (Å²) in [6.07, 6.45) is -5.34. The number of carbonyl (C=O) groups is 2. The molecular formula is C26H21F4N3O6. The lowest BCUT2D eigenvalue weighted by molar-refractivity contribution is -0.265. The summed E-state index contributed by atoms with van der Waals surface area (Å²) < 4.78 is 73.1. The molecule has 2 atom stereocenters. The van der Waals surface area contributed by atoms with E-state index in [1.165, 1.54) is 37.3 Å². The van der Waals surface area contributed by atoms with Crippen molar-refractivity contribution < 1.29 is 46.5 Å². The summed E-state index contributed by atoms with van der Waals surface area (Å²) in [5.41, 5.74) is -0.800. The predicted molar refractivity (Wildman–Crippen MR) is 127 cm³/mol. The largest absolute Gasteiger partial charge is 0.489 e. The van der Waals surface area contributed by atoms with Crippen LogP contribution in [0.3, 0.4) is 0 Å². The highest BCUT2D eigenvalue weighted by Crippen LogP contribution is 2.47. The molecule has 2 aromatic carbocycles. The normalized spacial score (nSPS) is 19.1. The third-order valence-corrected chi connectivity index (χ3v) is 6.77. The van der Waals surface area contributed by atoms with Crippen molar-refractivity contribution in [3.8, 4) is 28.5 Å². The van der Waals surface area contributed by atoms with E-state index in [9.17, 15) is 32.3 Å². The molecule has 0 spiro atoms. The Hall–Kier alpha value is -4.39. The maximum atomic E-state index is 14.5. The monoisotopic (exact) mass is 547 g/mol. The molecular weight excluding hydrogens is 526 g/mol. The number of alkyl halides is 3. The smallest absolute Gasteiger partial charge is 0.424 e. The van der Waals surface area contributed by atoms with E-state index in [0.717, 1.165) is 18.2 Å². The molecule has 2 amide bonds. The molecule has 1 aromatic heterocycles. The van der Waals surface area contributed by atoms with Gasteiger partial charge in [-0.25, -0.2) is 9.37 Å². The van der Waals surface area contributed by atoms with Gasteiger partial charge in [-0.1, -0.05) is 6.07 Å². The van der Waals surface area contributed by atoms with Crippen LogP contribution < -0.4 is 25.3 Å². The van der Waals surface area contributed by atoms with Gasteiger partial charge >= 0.3 is 6.18 Å². The molecule has 2 aliphatic rings. The van der Waals surface area contributed by atoms with Crippen molar-refractivity contribution in [2.75, 3.05) is 19.9 Å². The number of rotatable bonds is 6. The number of hydrogen-bond acceptors (Lipinski definition) is 7. The first-order valence-corrected chi connectivity index (χ1v) is 11.6. The van der Waals surface area contributed by atoms with Crippen LogP contribution in [-0.4, -0.2) is 48.0 Å². The minimum absolute atomic E-state index is 0.0304. The molecule has 0 aliphatic carbocycles. The Kier molecular flexibility index (Phi) is 6.13. The van der Waals surface area contributed by atoms with Crippen molar-refractivity contribution in [2.45, 2.75) is 24.1 Å². The number of pyridine rings is 1. The second-order valence-electron chi connectivity index (χ2n) is 9.30. The van der Waals surface area contributed by atoms with Crippen LogP contribution in [0.2, 0.25) is 0 Å². The maximum Gasteiger partial charge on any atom is 0.424 e. The van der Waals surface area contributed by atoms with Crippen LogP contribution in [0.1, 0.15) is 28.5 Å². The van der Waals surface area contributed by atoms with Crippen molar-refractivity contribution in [3.63, 3.8) is 0 Å². The highest BCUT2D eigenvalue weighted by molar-refractivity contribution is 5.98. The zero-order chi connectivity index (χ0) is 28.2. The molecule has 4 N–H and O–H groups in total. The first kappa shape index (κ1) is 26.2. The number of nitrogens with two attached hydrogens (primary N) is 1. The maximum absolute atomic E-state index is 14.5. The lowest BCUT2D eigenvalue weighted by Crippen LogP contribution is -2.51. The lowest BCUT2D eigenvalue weighted by Gasteiger charge is -2.31. The number of primary amides is 1. The van der Waals surface area contributed by atoms with Gasteiger partial charge < -0.3 is 30.4 Å². The van der Waals surface area contributed by atoms with Crippen molar-refractivity contribution in [1.82, 2.24) is 10.3 Å². The first-order valence-electron chi connectivity index (χ1n) is 11.6. The second-order valence-corrected chi connectivity index (χ2v) is 9.30. The van der Waals surface area contributed by atoms with Gasteiger partial charge in [0.1, 0.15) is 29.3 Å². The molecule has 13 heteroatoms. The molecule has 2 aliphatic heterocycles. The van der Waals surface area contributed by atoms with Gasteiger partial charge in [0.25, 0.3) is 5.91 Å². The molecule has 0 saturated heterocycles. The second kappa shape index (κ2) is 9.12. The first-order chi connectivity index (χ1) is 18.3. The quantitative estimate of drug-likeness (QED) is 0.404. The van der Waals surface area contributed by atoms with Crippen LogP contribution in [0.4, 0.5) is 17.6 Å². The topological polar surface area (TPSA) is 133 Å². The molecule has 0 radical (unpaired) electrons. The average Bonchev–Trinajstić information content (AvgIpc) is 3.52. The number of halogens is 4. The Morgan fingerprint density at radius 1 is 1.10 bits per heavy atom. The number of fused-ring (bicyclic) bond motifs is 2. The summed E-state index contributed by atoms with van der Waals surface area (Å²) in [7, 11) is 0. The lowest BCUT2D eigenvalue weighted by atomic mass is 9.81. The van der Waals surface area contributed by atoms with Crippen LogP contribution in [0.15, 0.2) is 48.5 Å². The Morgan fingerprint density at radius 2 is 1.82 bits per heavy atom. The van der Waals surface area contributed by atoms with E-state index in [-0.39, 0.29) is 53.0 Å². The molecule has 39 heavy (non-hydrogen) atoms. The fourth-order valence-electron chi connectivity index (χ4n) is 4.35. The van der Waals surface area contributed by atoms with Crippen molar-refractivity contribution in [3.05, 3.63) is 71.2 Å². The number of nitrogens with zero attached hydrogens (tertiary/aromatic N) is 1. The molecule has 9 nitrogen and oxygen atoms in total. The Labute approximate surface area is 218 Å². The van der Waals surface area contributed by atoms with Crippen molar-refractivity contribution in [1.29, 1.82) is 0 Å². The minimum Gasteiger partial charge on any atom is -0.489 e. The molecule has 204 valence electrons. The highest BCUT2D eigenvalue weighted by Gasteiger charge is 2.57. The number of para-hydroxylation sites is 1. The molecule has 5 rings (SSSR count). The number of nitrogens with one attached hydrogen (secondary N) is 1. The van der Waals surface area contributed by atoms with E-state index in [0.29, 0.717) is 0 Å². The van der Waals surface area contributed by atoms with E-state index >= 15 is 0 Å². The third-order valence-electron chi connectivity index (χ3n) is 6.77. The van der Waals surface area contributed by atoms with E-state index in [1.54, 1.807) is 0 Å². The van der Waals surface area contributed by atoms with Gasteiger partial charge in [-0.3, -0.25) is 9.59 Å². The van der Waals surface area contributed by atoms with E-state index in [4.69, 9.17) is 19.9 Å². The fourth-order valence-corrected chi connectivity index (χ4v) is 4.35. The minimum atomic E-state index is -5.34. The summed E-state index contributed by atoms with van der Waals surface area (Å²) in [6, 6.07) is 9.85. The Morgan fingerprint density at radius 3 is 2.49 bits per heavy atom. The van der Waals surface area contributed by atoms with E-state index < -0.39 is 47.1 Å². The fraction of sp³-hybridized carbons (Fsp3) is 0.269. The van der Waals surface area contributed by atoms with Crippen LogP contribution in [0.25, 0.3) is 11.3 Å². The van der Waals surface area contributed by atoms with Crippen LogP contribution >= 0.6 is 0 Å². The average molecular weight is 547 g/mol. The number of amides is 2. The van der Waals surface area contributed by atoms with Gasteiger partial charge in [0.05, 0.1) is 17.8 Å². The summed E-state index contributed by atoms with van der Waals surface area (Å²) >= 11 is 0. The van der Waals surface area contributed by atoms with Crippen molar-refractivity contribution >= 4 is 11.8 Å². The summed E-state index contributed by atoms with van der Waals surface area (Å²) in [4.78, 5) is 29.2. The number of aliphatic hydroxyl groups is 1. The summed E-state index contributed by atoms with van der Waals surface area (Å²) in [5.74, 6) is -2.20. The standard InChI is InChI=1S/C26H21F4N3O6/c1-24(23(31)35)11-37-21-16(24)9-18(33-19(21)13-5-7-14(27)8-6-13)25(36,26(28,29)30)10-32-22(34)15-3-2-4-17-20(15)39-12-38-17/h2-9,36H,10-12H2,1H3,(H2,31,35)(H,32,34)/t24-,25?/m0/s1. The molecule has 0 saturated carbocycles. The van der Waals surface area contributed by atoms with E-state index in [2.05, 4.69) is 10.3 Å². The Balaban J connectivity index is 1.60. The van der Waals surface area contributed by atoms with E-state index in [1.807, 2.05) is 0 Å². The summed E-state index contributed by atoms with van der Waals surface area (Å²) in [5, 5.41) is 13.2. The van der Waals surface area contributed by atoms with Gasteiger partial charge in [-0.2, -0.15) is 13.2 Å². The zero-order valence-electron chi connectivity index (χ0n) is 20.3. The van der Waals surface area contributed by atoms with Gasteiger partial charge in [-0.05, 0) is 49.4 Å². The van der Waals surface area contributed by atoms with Crippen LogP contribution in [-0.2, 0) is 15.8 Å². The van der Waals surface area contributed by atoms with Gasteiger partial charge in [-0.15, -0.1) is 0 Å². The third kappa shape index (κ3) is 4.28. The van der Waals surface area contributed by atoms with Gasteiger partial charge in [0.2, 0.25) is 18.3 Å². The van der Waals surface area contributed by atoms with Crippen molar-refractivity contribution in [2.24, 2.45) is 5.73 Å². The number of benzene rings is 2. The van der Waals surface area contributed by atoms with Gasteiger partial charge in [0, 0.05) is 11.1 Å². The number of aromatic nitrogens is 1. The molecule has 0 fully saturated rings. The molecule has 3 heterocycles. The van der Waals surface area contributed by atoms with Crippen LogP contribution in [0, 0.1) is 5.82 Å². The highest BCUT2D eigenvalue weighted by atomic mass is 19.4. The molecule has 3 aromatic rings. The molecule has 1 unspecified atom stereocenters. The summed E-state index contributed by atoms with van der Waals surface area (Å²) in [6.45, 7) is -0.425. The number of ether oxygens (including phenoxy) is 3. The number of carbonyl (C=O) groups excluding carboxylic acids is 2. The van der Waals surface area contributed by atoms with Gasteiger partial charge in [0.15, 0.2) is 11.5 Å². The van der Waals surface area contributed by atoms with Crippen LogP contribution in [0.5, 0.6) is 17.2 Å². The SMILES string of the molecule is C[C@]1(C(N)=O)COc2c1cc(C(O)(CNC(=O)c1cccc3c1OCO3)C(F)(F)F)nc2-c1ccc(F)cc1. The number of hydrogen-bond donors (Lipinski definition) is 3.